The van der Waals surface area contributed by atoms with E-state index in [4.69, 9.17) is 4.74 Å². The van der Waals surface area contributed by atoms with Gasteiger partial charge in [-0.1, -0.05) is 17.8 Å². The first-order valence-corrected chi connectivity index (χ1v) is 8.25. The van der Waals surface area contributed by atoms with Crippen LogP contribution in [0.4, 0.5) is 5.69 Å². The van der Waals surface area contributed by atoms with Crippen molar-refractivity contribution in [1.29, 1.82) is 0 Å². The number of rotatable bonds is 4. The number of pyridine rings is 2. The lowest BCUT2D eigenvalue weighted by molar-refractivity contribution is -0.123. The zero-order valence-corrected chi connectivity index (χ0v) is 16.0. The number of aromatic nitrogens is 2. The average Bonchev–Trinajstić information content (AvgIpc) is 2.56. The molecule has 0 unspecified atom stereocenters. The van der Waals surface area contributed by atoms with E-state index >= 15 is 0 Å². The lowest BCUT2D eigenvalue weighted by Gasteiger charge is -2.29. The number of carbonyl (C=O) groups excluding carboxylic acids is 1. The maximum atomic E-state index is 12.4. The molecule has 0 aliphatic carbocycles. The molecule has 1 aliphatic heterocycles. The van der Waals surface area contributed by atoms with E-state index in [1.807, 2.05) is 31.2 Å². The molecular formula is C16H20Cl2N4O2S. The van der Waals surface area contributed by atoms with Crippen LogP contribution in [0.25, 0.3) is 0 Å². The molecule has 136 valence electrons. The zero-order valence-electron chi connectivity index (χ0n) is 13.5. The molecule has 2 N–H and O–H groups in total. The molecule has 1 amide bonds. The van der Waals surface area contributed by atoms with Crippen molar-refractivity contribution in [3.05, 3.63) is 42.7 Å². The normalized spacial score (nSPS) is 19.2. The molecule has 2 atom stereocenters. The number of nitrogens with one attached hydrogen (secondary N) is 2. The van der Waals surface area contributed by atoms with Crippen LogP contribution in [0, 0.1) is 0 Å². The van der Waals surface area contributed by atoms with Gasteiger partial charge < -0.3 is 15.4 Å². The lowest BCUT2D eigenvalue weighted by Crippen LogP contribution is -2.53. The fourth-order valence-electron chi connectivity index (χ4n) is 2.30. The molecule has 3 heterocycles. The van der Waals surface area contributed by atoms with Crippen LogP contribution in [0.2, 0.25) is 0 Å². The Morgan fingerprint density at radius 1 is 1.24 bits per heavy atom. The fraction of sp³-hybridized carbons (Fsp3) is 0.312. The first-order valence-electron chi connectivity index (χ1n) is 7.43. The van der Waals surface area contributed by atoms with Crippen LogP contribution in [0.3, 0.4) is 0 Å². The predicted molar refractivity (Wildman–Crippen MR) is 103 cm³/mol. The monoisotopic (exact) mass is 402 g/mol. The van der Waals surface area contributed by atoms with E-state index in [1.54, 1.807) is 18.5 Å². The van der Waals surface area contributed by atoms with Crippen molar-refractivity contribution in [3.63, 3.8) is 0 Å². The van der Waals surface area contributed by atoms with Gasteiger partial charge in [0.2, 0.25) is 5.91 Å². The molecule has 2 aromatic heterocycles. The Labute approximate surface area is 163 Å². The lowest BCUT2D eigenvalue weighted by atomic mass is 10.1. The van der Waals surface area contributed by atoms with Gasteiger partial charge in [-0.15, -0.1) is 24.8 Å². The number of nitrogens with zero attached hydrogens (tertiary/aromatic N) is 2. The van der Waals surface area contributed by atoms with E-state index in [0.717, 1.165) is 10.1 Å². The van der Waals surface area contributed by atoms with Crippen LogP contribution in [-0.4, -0.2) is 41.2 Å². The standard InChI is InChI=1S/C16H18N4O2S.2ClH/c1-11-15(19-8-9-22-11)16(21)20-12-5-7-18-14(10-12)23-13-4-2-3-6-17-13;;/h2-7,10-11,15,19H,8-9H2,1H3,(H,18,20,21);2*1H/t11-,15+;;/m1../s1. The number of halogens is 2. The number of carbonyl (C=O) groups is 1. The van der Waals surface area contributed by atoms with E-state index in [0.29, 0.717) is 18.8 Å². The summed E-state index contributed by atoms with van der Waals surface area (Å²) >= 11 is 1.45. The fourth-order valence-corrected chi connectivity index (χ4v) is 3.08. The Balaban J connectivity index is 0.00000156. The Hall–Kier alpha value is -1.38. The van der Waals surface area contributed by atoms with Crippen LogP contribution in [0.1, 0.15) is 6.92 Å². The molecule has 0 bridgehead atoms. The van der Waals surface area contributed by atoms with Crippen molar-refractivity contribution in [2.24, 2.45) is 0 Å². The number of morpholine rings is 1. The van der Waals surface area contributed by atoms with Crippen LogP contribution in [-0.2, 0) is 9.53 Å². The number of ether oxygens (including phenoxy) is 1. The predicted octanol–water partition coefficient (Wildman–Crippen LogP) is 2.79. The Morgan fingerprint density at radius 2 is 2.04 bits per heavy atom. The highest BCUT2D eigenvalue weighted by atomic mass is 35.5. The molecule has 1 saturated heterocycles. The number of amides is 1. The summed E-state index contributed by atoms with van der Waals surface area (Å²) in [6.07, 6.45) is 3.27. The number of hydrogen-bond acceptors (Lipinski definition) is 6. The minimum atomic E-state index is -0.344. The summed E-state index contributed by atoms with van der Waals surface area (Å²) < 4.78 is 5.50. The Kier molecular flexibility index (Phi) is 9.16. The van der Waals surface area contributed by atoms with Crippen LogP contribution in [0.5, 0.6) is 0 Å². The summed E-state index contributed by atoms with van der Waals surface area (Å²) in [5.41, 5.74) is 0.711. The second kappa shape index (κ2) is 10.6. The zero-order chi connectivity index (χ0) is 16.1. The summed E-state index contributed by atoms with van der Waals surface area (Å²) in [6.45, 7) is 3.20. The van der Waals surface area contributed by atoms with Gasteiger partial charge >= 0.3 is 0 Å². The van der Waals surface area contributed by atoms with Crippen molar-refractivity contribution in [2.45, 2.75) is 29.1 Å². The van der Waals surface area contributed by atoms with Gasteiger partial charge in [-0.2, -0.15) is 0 Å². The topological polar surface area (TPSA) is 76.1 Å². The van der Waals surface area contributed by atoms with Crippen LogP contribution < -0.4 is 10.6 Å². The van der Waals surface area contributed by atoms with E-state index in [-0.39, 0.29) is 42.9 Å². The van der Waals surface area contributed by atoms with Gasteiger partial charge in [0.1, 0.15) is 16.1 Å². The minimum absolute atomic E-state index is 0. The maximum absolute atomic E-state index is 12.4. The minimum Gasteiger partial charge on any atom is -0.375 e. The molecule has 0 radical (unpaired) electrons. The number of anilines is 1. The summed E-state index contributed by atoms with van der Waals surface area (Å²) in [5.74, 6) is -0.0998. The molecule has 0 aromatic carbocycles. The van der Waals surface area contributed by atoms with E-state index in [1.165, 1.54) is 11.8 Å². The first kappa shape index (κ1) is 21.7. The van der Waals surface area contributed by atoms with Crippen molar-refractivity contribution >= 4 is 48.2 Å². The molecule has 9 heteroatoms. The third kappa shape index (κ3) is 6.13. The Bertz CT molecular complexity index is 678. The molecule has 0 spiro atoms. The molecular weight excluding hydrogens is 383 g/mol. The average molecular weight is 403 g/mol. The van der Waals surface area contributed by atoms with Gasteiger partial charge in [-0.3, -0.25) is 4.79 Å². The molecule has 1 fully saturated rings. The third-order valence-electron chi connectivity index (χ3n) is 3.45. The van der Waals surface area contributed by atoms with Gasteiger partial charge in [-0.05, 0) is 31.2 Å². The molecule has 1 aliphatic rings. The van der Waals surface area contributed by atoms with Crippen molar-refractivity contribution in [1.82, 2.24) is 15.3 Å². The molecule has 2 aromatic rings. The summed E-state index contributed by atoms with van der Waals surface area (Å²) in [6, 6.07) is 8.98. The highest BCUT2D eigenvalue weighted by Gasteiger charge is 2.28. The molecule has 6 nitrogen and oxygen atoms in total. The third-order valence-corrected chi connectivity index (χ3v) is 4.33. The summed E-state index contributed by atoms with van der Waals surface area (Å²) in [7, 11) is 0. The van der Waals surface area contributed by atoms with Crippen LogP contribution in [0.15, 0.2) is 52.8 Å². The molecule has 3 rings (SSSR count). The second-order valence-electron chi connectivity index (χ2n) is 5.15. The van der Waals surface area contributed by atoms with Crippen molar-refractivity contribution in [3.8, 4) is 0 Å². The highest BCUT2D eigenvalue weighted by Crippen LogP contribution is 2.25. The molecule has 0 saturated carbocycles. The first-order chi connectivity index (χ1) is 11.2. The van der Waals surface area contributed by atoms with Gasteiger partial charge in [0.25, 0.3) is 0 Å². The molecule has 25 heavy (non-hydrogen) atoms. The summed E-state index contributed by atoms with van der Waals surface area (Å²) in [5, 5.41) is 7.73. The smallest absolute Gasteiger partial charge is 0.244 e. The van der Waals surface area contributed by atoms with Crippen molar-refractivity contribution in [2.75, 3.05) is 18.5 Å². The van der Waals surface area contributed by atoms with E-state index in [9.17, 15) is 4.79 Å². The van der Waals surface area contributed by atoms with Gasteiger partial charge in [0.05, 0.1) is 12.7 Å². The van der Waals surface area contributed by atoms with E-state index < -0.39 is 0 Å². The Morgan fingerprint density at radius 3 is 2.76 bits per heavy atom. The van der Waals surface area contributed by atoms with Crippen molar-refractivity contribution < 1.29 is 9.53 Å². The van der Waals surface area contributed by atoms with Gasteiger partial charge in [-0.25, -0.2) is 9.97 Å². The maximum Gasteiger partial charge on any atom is 0.244 e. The second-order valence-corrected chi connectivity index (χ2v) is 6.19. The number of hydrogen-bond donors (Lipinski definition) is 2. The summed E-state index contributed by atoms with van der Waals surface area (Å²) in [4.78, 5) is 20.9. The largest absolute Gasteiger partial charge is 0.375 e. The van der Waals surface area contributed by atoms with Gasteiger partial charge in [0, 0.05) is 24.6 Å². The van der Waals surface area contributed by atoms with Crippen LogP contribution >= 0.6 is 36.6 Å². The highest BCUT2D eigenvalue weighted by molar-refractivity contribution is 7.99. The SMILES string of the molecule is C[C@H]1OCCN[C@@H]1C(=O)Nc1ccnc(Sc2ccccn2)c1.Cl.Cl. The quantitative estimate of drug-likeness (QED) is 0.818. The van der Waals surface area contributed by atoms with E-state index in [2.05, 4.69) is 20.6 Å². The van der Waals surface area contributed by atoms with Gasteiger partial charge in [0.15, 0.2) is 0 Å².